The number of rotatable bonds is 4. The lowest BCUT2D eigenvalue weighted by Crippen LogP contribution is -1.97. The summed E-state index contributed by atoms with van der Waals surface area (Å²) < 4.78 is 5.63. The van der Waals surface area contributed by atoms with Crippen molar-refractivity contribution in [2.45, 2.75) is 19.6 Å². The Bertz CT molecular complexity index is 503. The largest absolute Gasteiger partial charge is 0.508 e. The van der Waals surface area contributed by atoms with Crippen molar-refractivity contribution in [2.75, 3.05) is 0 Å². The first kappa shape index (κ1) is 12.5. The van der Waals surface area contributed by atoms with Gasteiger partial charge in [0, 0.05) is 0 Å². The van der Waals surface area contributed by atoms with E-state index in [1.54, 1.807) is 19.1 Å². The van der Waals surface area contributed by atoms with Crippen LogP contribution in [-0.2, 0) is 6.61 Å². The Morgan fingerprint density at radius 2 is 1.83 bits per heavy atom. The first-order chi connectivity index (χ1) is 8.65. The summed E-state index contributed by atoms with van der Waals surface area (Å²) in [4.78, 5) is 0. The Balaban J connectivity index is 2.01. The van der Waals surface area contributed by atoms with Crippen LogP contribution < -0.4 is 4.74 Å². The van der Waals surface area contributed by atoms with Gasteiger partial charge in [0.15, 0.2) is 0 Å². The Morgan fingerprint density at radius 1 is 1.11 bits per heavy atom. The van der Waals surface area contributed by atoms with Gasteiger partial charge in [-0.1, -0.05) is 24.3 Å². The van der Waals surface area contributed by atoms with Crippen LogP contribution in [0.4, 0.5) is 0 Å². The Labute approximate surface area is 106 Å². The molecule has 0 radical (unpaired) electrons. The zero-order chi connectivity index (χ0) is 13.0. The highest BCUT2D eigenvalue weighted by atomic mass is 16.5. The smallest absolute Gasteiger partial charge is 0.120 e. The summed E-state index contributed by atoms with van der Waals surface area (Å²) in [5, 5.41) is 18.7. The lowest BCUT2D eigenvalue weighted by molar-refractivity contribution is 0.198. The van der Waals surface area contributed by atoms with E-state index in [1.165, 1.54) is 0 Å². The number of aliphatic hydroxyl groups excluding tert-OH is 1. The lowest BCUT2D eigenvalue weighted by atomic mass is 10.1. The molecule has 18 heavy (non-hydrogen) atoms. The third-order valence-corrected chi connectivity index (χ3v) is 2.68. The number of phenolic OH excluding ortho intramolecular Hbond substituents is 1. The lowest BCUT2D eigenvalue weighted by Gasteiger charge is -2.09. The van der Waals surface area contributed by atoms with E-state index in [-0.39, 0.29) is 5.75 Å². The van der Waals surface area contributed by atoms with Gasteiger partial charge in [0.25, 0.3) is 0 Å². The predicted octanol–water partition coefficient (Wildman–Crippen LogP) is 3.02. The predicted molar refractivity (Wildman–Crippen MR) is 69.5 cm³/mol. The fraction of sp³-hybridized carbons (Fsp3) is 0.200. The molecule has 2 rings (SSSR count). The maximum absolute atomic E-state index is 9.48. The van der Waals surface area contributed by atoms with Gasteiger partial charge in [-0.2, -0.15) is 0 Å². The first-order valence-corrected chi connectivity index (χ1v) is 5.84. The van der Waals surface area contributed by atoms with E-state index in [0.29, 0.717) is 6.61 Å². The van der Waals surface area contributed by atoms with Gasteiger partial charge in [0.05, 0.1) is 6.10 Å². The topological polar surface area (TPSA) is 49.7 Å². The molecule has 3 nitrogen and oxygen atoms in total. The zero-order valence-electron chi connectivity index (χ0n) is 10.2. The first-order valence-electron chi connectivity index (χ1n) is 5.84. The summed E-state index contributed by atoms with van der Waals surface area (Å²) >= 11 is 0. The molecule has 0 aliphatic heterocycles. The molecule has 0 aliphatic rings. The van der Waals surface area contributed by atoms with E-state index in [4.69, 9.17) is 4.74 Å². The maximum atomic E-state index is 9.48. The van der Waals surface area contributed by atoms with Crippen LogP contribution in [0.3, 0.4) is 0 Å². The number of hydrogen-bond donors (Lipinski definition) is 2. The fourth-order valence-electron chi connectivity index (χ4n) is 1.62. The van der Waals surface area contributed by atoms with Crippen LogP contribution in [0.1, 0.15) is 24.2 Å². The molecule has 0 aliphatic carbocycles. The highest BCUT2D eigenvalue weighted by Crippen LogP contribution is 2.20. The molecular formula is C15H16O3. The minimum Gasteiger partial charge on any atom is -0.508 e. The van der Waals surface area contributed by atoms with Crippen LogP contribution in [0.2, 0.25) is 0 Å². The molecule has 0 saturated carbocycles. The van der Waals surface area contributed by atoms with Gasteiger partial charge in [-0.15, -0.1) is 0 Å². The van der Waals surface area contributed by atoms with Crippen molar-refractivity contribution >= 4 is 0 Å². The van der Waals surface area contributed by atoms with Crippen molar-refractivity contribution in [1.29, 1.82) is 0 Å². The van der Waals surface area contributed by atoms with Crippen molar-refractivity contribution in [1.82, 2.24) is 0 Å². The van der Waals surface area contributed by atoms with Crippen LogP contribution in [0.5, 0.6) is 11.5 Å². The highest BCUT2D eigenvalue weighted by Gasteiger charge is 2.02. The number of ether oxygens (including phenoxy) is 1. The Morgan fingerprint density at radius 3 is 2.50 bits per heavy atom. The van der Waals surface area contributed by atoms with Gasteiger partial charge >= 0.3 is 0 Å². The summed E-state index contributed by atoms with van der Waals surface area (Å²) in [5.74, 6) is 0.969. The van der Waals surface area contributed by atoms with E-state index in [2.05, 4.69) is 0 Å². The molecule has 0 heterocycles. The quantitative estimate of drug-likeness (QED) is 0.869. The second-order valence-corrected chi connectivity index (χ2v) is 4.20. The standard InChI is InChI=1S/C15H16O3/c1-11(16)13-3-2-4-15(9-13)18-10-12-5-7-14(17)8-6-12/h2-9,11,16-17H,10H2,1H3/t11-/m0/s1. The second-order valence-electron chi connectivity index (χ2n) is 4.20. The molecular weight excluding hydrogens is 228 g/mol. The van der Waals surface area contributed by atoms with Crippen molar-refractivity contribution in [2.24, 2.45) is 0 Å². The molecule has 1 atom stereocenters. The third-order valence-electron chi connectivity index (χ3n) is 2.68. The number of phenols is 1. The number of benzene rings is 2. The molecule has 3 heteroatoms. The van der Waals surface area contributed by atoms with Crippen molar-refractivity contribution < 1.29 is 14.9 Å². The maximum Gasteiger partial charge on any atom is 0.120 e. The van der Waals surface area contributed by atoms with Gasteiger partial charge < -0.3 is 14.9 Å². The number of aromatic hydroxyl groups is 1. The minimum atomic E-state index is -0.498. The molecule has 2 N–H and O–H groups in total. The number of aliphatic hydroxyl groups is 1. The molecule has 0 saturated heterocycles. The molecule has 94 valence electrons. The molecule has 2 aromatic rings. The SMILES string of the molecule is C[C@H](O)c1cccc(OCc2ccc(O)cc2)c1. The fourth-order valence-corrected chi connectivity index (χ4v) is 1.62. The number of hydrogen-bond acceptors (Lipinski definition) is 3. The van der Waals surface area contributed by atoms with Gasteiger partial charge in [-0.3, -0.25) is 0 Å². The van der Waals surface area contributed by atoms with Crippen molar-refractivity contribution in [3.8, 4) is 11.5 Å². The molecule has 0 fully saturated rings. The molecule has 0 unspecified atom stereocenters. The van der Waals surface area contributed by atoms with Gasteiger partial charge in [-0.25, -0.2) is 0 Å². The Kier molecular flexibility index (Phi) is 3.85. The summed E-state index contributed by atoms with van der Waals surface area (Å²) in [6.07, 6.45) is -0.498. The summed E-state index contributed by atoms with van der Waals surface area (Å²) in [6, 6.07) is 14.3. The van der Waals surface area contributed by atoms with E-state index in [1.807, 2.05) is 36.4 Å². The average molecular weight is 244 g/mol. The Hall–Kier alpha value is -2.00. The minimum absolute atomic E-state index is 0.245. The van der Waals surface area contributed by atoms with Gasteiger partial charge in [0.2, 0.25) is 0 Å². The van der Waals surface area contributed by atoms with Crippen molar-refractivity contribution in [3.05, 3.63) is 59.7 Å². The normalized spacial score (nSPS) is 12.1. The zero-order valence-corrected chi connectivity index (χ0v) is 10.2. The third kappa shape index (κ3) is 3.25. The molecule has 0 spiro atoms. The highest BCUT2D eigenvalue weighted by molar-refractivity contribution is 5.30. The van der Waals surface area contributed by atoms with E-state index < -0.39 is 6.10 Å². The van der Waals surface area contributed by atoms with Crippen molar-refractivity contribution in [3.63, 3.8) is 0 Å². The molecule has 0 aromatic heterocycles. The molecule has 0 bridgehead atoms. The van der Waals surface area contributed by atoms with Crippen LogP contribution in [0.15, 0.2) is 48.5 Å². The van der Waals surface area contributed by atoms with Gasteiger partial charge in [-0.05, 0) is 42.3 Å². The van der Waals surface area contributed by atoms with Crippen LogP contribution >= 0.6 is 0 Å². The summed E-state index contributed by atoms with van der Waals surface area (Å²) in [5.41, 5.74) is 1.81. The molecule has 0 amide bonds. The van der Waals surface area contributed by atoms with Crippen LogP contribution in [0, 0.1) is 0 Å². The monoisotopic (exact) mass is 244 g/mol. The van der Waals surface area contributed by atoms with Crippen LogP contribution in [0.25, 0.3) is 0 Å². The second kappa shape index (κ2) is 5.56. The van der Waals surface area contributed by atoms with E-state index in [0.717, 1.165) is 16.9 Å². The van der Waals surface area contributed by atoms with E-state index in [9.17, 15) is 10.2 Å². The molecule has 2 aromatic carbocycles. The average Bonchev–Trinajstić information content (AvgIpc) is 2.38. The summed E-state index contributed by atoms with van der Waals surface area (Å²) in [7, 11) is 0. The van der Waals surface area contributed by atoms with Crippen LogP contribution in [-0.4, -0.2) is 10.2 Å². The van der Waals surface area contributed by atoms with E-state index >= 15 is 0 Å². The summed E-state index contributed by atoms with van der Waals surface area (Å²) in [6.45, 7) is 2.16. The van der Waals surface area contributed by atoms with Gasteiger partial charge in [0.1, 0.15) is 18.1 Å².